The van der Waals surface area contributed by atoms with Gasteiger partial charge in [-0.1, -0.05) is 6.92 Å². The van der Waals surface area contributed by atoms with Gasteiger partial charge in [-0.3, -0.25) is 5.41 Å². The number of aryl methyl sites for hydroxylation is 1. The quantitative estimate of drug-likeness (QED) is 0.601. The van der Waals surface area contributed by atoms with Gasteiger partial charge in [-0.2, -0.15) is 0 Å². The number of anilines is 1. The van der Waals surface area contributed by atoms with E-state index in [4.69, 9.17) is 11.1 Å². The molecule has 0 aliphatic heterocycles. The minimum Gasteiger partial charge on any atom is -0.384 e. The first-order valence-electron chi connectivity index (χ1n) is 5.51. The number of aromatic nitrogens is 1. The number of amidine groups is 1. The number of hydrogen-bond donors (Lipinski definition) is 2. The molecule has 0 aromatic carbocycles. The van der Waals surface area contributed by atoms with Gasteiger partial charge in [0.1, 0.15) is 11.7 Å². The molecule has 1 aromatic heterocycles. The molecule has 0 saturated heterocycles. The highest BCUT2D eigenvalue weighted by Gasteiger charge is 2.11. The summed E-state index contributed by atoms with van der Waals surface area (Å²) in [5.41, 5.74) is 7.12. The van der Waals surface area contributed by atoms with Crippen LogP contribution in [0.1, 0.15) is 31.5 Å². The van der Waals surface area contributed by atoms with Crippen LogP contribution in [0, 0.1) is 12.3 Å². The summed E-state index contributed by atoms with van der Waals surface area (Å²) in [6.07, 6.45) is 1.06. The van der Waals surface area contributed by atoms with Crippen molar-refractivity contribution in [3.8, 4) is 0 Å². The van der Waals surface area contributed by atoms with Crippen LogP contribution in [0.4, 0.5) is 5.82 Å². The van der Waals surface area contributed by atoms with Crippen LogP contribution in [-0.4, -0.2) is 23.9 Å². The van der Waals surface area contributed by atoms with Gasteiger partial charge in [-0.25, -0.2) is 4.98 Å². The Bertz CT molecular complexity index is 387. The van der Waals surface area contributed by atoms with Crippen molar-refractivity contribution in [1.29, 1.82) is 5.41 Å². The molecule has 1 aromatic rings. The van der Waals surface area contributed by atoms with Gasteiger partial charge in [0.15, 0.2) is 0 Å². The fraction of sp³-hybridized carbons (Fsp3) is 0.500. The van der Waals surface area contributed by atoms with E-state index in [2.05, 4.69) is 23.7 Å². The monoisotopic (exact) mass is 220 g/mol. The van der Waals surface area contributed by atoms with Gasteiger partial charge in [-0.15, -0.1) is 0 Å². The maximum atomic E-state index is 7.45. The zero-order chi connectivity index (χ0) is 12.3. The predicted molar refractivity (Wildman–Crippen MR) is 68.1 cm³/mol. The maximum absolute atomic E-state index is 7.45. The van der Waals surface area contributed by atoms with Gasteiger partial charge in [0, 0.05) is 24.3 Å². The highest BCUT2D eigenvalue weighted by atomic mass is 15.2. The standard InChI is InChI=1S/C12H20N4/c1-5-9(3)16(4)11-7-10(12(13)14)6-8(2)15-11/h6-7,9H,5H2,1-4H3,(H3,13,14). The molecule has 0 aliphatic rings. The second-order valence-corrected chi connectivity index (χ2v) is 4.14. The molecule has 0 amide bonds. The summed E-state index contributed by atoms with van der Waals surface area (Å²) in [5, 5.41) is 7.45. The van der Waals surface area contributed by atoms with Crippen molar-refractivity contribution in [2.75, 3.05) is 11.9 Å². The van der Waals surface area contributed by atoms with Crippen molar-refractivity contribution in [3.63, 3.8) is 0 Å². The van der Waals surface area contributed by atoms with Crippen molar-refractivity contribution in [3.05, 3.63) is 23.4 Å². The molecule has 1 heterocycles. The Hall–Kier alpha value is -1.58. The summed E-state index contributed by atoms with van der Waals surface area (Å²) in [7, 11) is 2.01. The number of pyridine rings is 1. The van der Waals surface area contributed by atoms with E-state index in [0.717, 1.165) is 23.5 Å². The number of nitrogens with one attached hydrogen (secondary N) is 1. The Kier molecular flexibility index (Phi) is 3.88. The average Bonchev–Trinajstić information content (AvgIpc) is 2.26. The molecule has 0 radical (unpaired) electrons. The van der Waals surface area contributed by atoms with Crippen LogP contribution < -0.4 is 10.6 Å². The molecule has 4 nitrogen and oxygen atoms in total. The summed E-state index contributed by atoms with van der Waals surface area (Å²) in [6.45, 7) is 6.21. The van der Waals surface area contributed by atoms with Gasteiger partial charge >= 0.3 is 0 Å². The molecule has 0 saturated carbocycles. The SMILES string of the molecule is CCC(C)N(C)c1cc(C(=N)N)cc(C)n1. The minimum absolute atomic E-state index is 0.0873. The van der Waals surface area contributed by atoms with Gasteiger partial charge in [0.25, 0.3) is 0 Å². The Balaban J connectivity index is 3.09. The second kappa shape index (κ2) is 4.96. The van der Waals surface area contributed by atoms with Crippen molar-refractivity contribution in [2.24, 2.45) is 5.73 Å². The van der Waals surface area contributed by atoms with E-state index in [1.165, 1.54) is 0 Å². The smallest absolute Gasteiger partial charge is 0.129 e. The molecule has 3 N–H and O–H groups in total. The van der Waals surface area contributed by atoms with Crippen molar-refractivity contribution in [1.82, 2.24) is 4.98 Å². The Morgan fingerprint density at radius 1 is 1.56 bits per heavy atom. The molecule has 1 unspecified atom stereocenters. The van der Waals surface area contributed by atoms with E-state index >= 15 is 0 Å². The van der Waals surface area contributed by atoms with Crippen LogP contribution in [0.25, 0.3) is 0 Å². The highest BCUT2D eigenvalue weighted by molar-refractivity contribution is 5.95. The first-order chi connectivity index (χ1) is 7.45. The van der Waals surface area contributed by atoms with Gasteiger partial charge < -0.3 is 10.6 Å². The molecular formula is C12H20N4. The fourth-order valence-electron chi connectivity index (χ4n) is 1.49. The largest absolute Gasteiger partial charge is 0.384 e. The maximum Gasteiger partial charge on any atom is 0.129 e. The zero-order valence-corrected chi connectivity index (χ0v) is 10.4. The Morgan fingerprint density at radius 3 is 2.69 bits per heavy atom. The van der Waals surface area contributed by atoms with E-state index in [1.54, 1.807) is 0 Å². The molecular weight excluding hydrogens is 200 g/mol. The topological polar surface area (TPSA) is 66.0 Å². The number of nitrogens with zero attached hydrogens (tertiary/aromatic N) is 2. The third-order valence-corrected chi connectivity index (χ3v) is 2.86. The summed E-state index contributed by atoms with van der Waals surface area (Å²) in [6, 6.07) is 4.12. The summed E-state index contributed by atoms with van der Waals surface area (Å²) >= 11 is 0. The molecule has 88 valence electrons. The van der Waals surface area contributed by atoms with E-state index in [-0.39, 0.29) is 5.84 Å². The minimum atomic E-state index is 0.0873. The van der Waals surface area contributed by atoms with Gasteiger partial charge in [0.2, 0.25) is 0 Å². The molecule has 0 aliphatic carbocycles. The summed E-state index contributed by atoms with van der Waals surface area (Å²) < 4.78 is 0. The molecule has 1 rings (SSSR count). The van der Waals surface area contributed by atoms with Crippen molar-refractivity contribution < 1.29 is 0 Å². The van der Waals surface area contributed by atoms with Gasteiger partial charge in [-0.05, 0) is 32.4 Å². The zero-order valence-electron chi connectivity index (χ0n) is 10.4. The third kappa shape index (κ3) is 2.72. The van der Waals surface area contributed by atoms with E-state index < -0.39 is 0 Å². The Labute approximate surface area is 97.0 Å². The van der Waals surface area contributed by atoms with Crippen LogP contribution >= 0.6 is 0 Å². The second-order valence-electron chi connectivity index (χ2n) is 4.14. The van der Waals surface area contributed by atoms with Crippen LogP contribution in [0.3, 0.4) is 0 Å². The molecule has 0 spiro atoms. The van der Waals surface area contributed by atoms with E-state index in [1.807, 2.05) is 26.1 Å². The lowest BCUT2D eigenvalue weighted by Gasteiger charge is -2.25. The highest BCUT2D eigenvalue weighted by Crippen LogP contribution is 2.16. The number of hydrogen-bond acceptors (Lipinski definition) is 3. The van der Waals surface area contributed by atoms with Gasteiger partial charge in [0.05, 0.1) is 0 Å². The lowest BCUT2D eigenvalue weighted by Crippen LogP contribution is -2.29. The van der Waals surface area contributed by atoms with Crippen LogP contribution in [0.2, 0.25) is 0 Å². The van der Waals surface area contributed by atoms with Crippen LogP contribution in [-0.2, 0) is 0 Å². The number of nitrogen functional groups attached to an aromatic ring is 1. The fourth-order valence-corrected chi connectivity index (χ4v) is 1.49. The van der Waals surface area contributed by atoms with Crippen LogP contribution in [0.15, 0.2) is 12.1 Å². The summed E-state index contributed by atoms with van der Waals surface area (Å²) in [5.74, 6) is 0.962. The van der Waals surface area contributed by atoms with Crippen molar-refractivity contribution in [2.45, 2.75) is 33.2 Å². The molecule has 0 fully saturated rings. The molecule has 1 atom stereocenters. The van der Waals surface area contributed by atoms with Crippen LogP contribution in [0.5, 0.6) is 0 Å². The Morgan fingerprint density at radius 2 is 2.19 bits per heavy atom. The third-order valence-electron chi connectivity index (χ3n) is 2.86. The van der Waals surface area contributed by atoms with E-state index in [0.29, 0.717) is 6.04 Å². The molecule has 16 heavy (non-hydrogen) atoms. The van der Waals surface area contributed by atoms with E-state index in [9.17, 15) is 0 Å². The summed E-state index contributed by atoms with van der Waals surface area (Å²) in [4.78, 5) is 6.57. The first kappa shape index (κ1) is 12.5. The molecule has 4 heteroatoms. The lowest BCUT2D eigenvalue weighted by atomic mass is 10.2. The number of rotatable bonds is 4. The predicted octanol–water partition coefficient (Wildman–Crippen LogP) is 1.91. The average molecular weight is 220 g/mol. The molecule has 0 bridgehead atoms. The normalized spacial score (nSPS) is 12.2. The lowest BCUT2D eigenvalue weighted by molar-refractivity contribution is 0.656. The first-order valence-corrected chi connectivity index (χ1v) is 5.51. The van der Waals surface area contributed by atoms with Crippen molar-refractivity contribution >= 4 is 11.7 Å². The number of nitrogens with two attached hydrogens (primary N) is 1.